The van der Waals surface area contributed by atoms with Crippen LogP contribution in [-0.4, -0.2) is 48.3 Å². The van der Waals surface area contributed by atoms with E-state index in [-0.39, 0.29) is 48.5 Å². The zero-order chi connectivity index (χ0) is 21.7. The largest absolute Gasteiger partial charge is 0.481 e. The Balaban J connectivity index is 0.000000301. The molecule has 0 aliphatic carbocycles. The Morgan fingerprint density at radius 2 is 1.03 bits per heavy atom. The second-order valence-electron chi connectivity index (χ2n) is 7.46. The molecule has 0 bridgehead atoms. The van der Waals surface area contributed by atoms with Gasteiger partial charge in [-0.3, -0.25) is 9.59 Å². The van der Waals surface area contributed by atoms with Crippen molar-refractivity contribution in [1.82, 2.24) is 10.6 Å². The van der Waals surface area contributed by atoms with E-state index in [9.17, 15) is 9.59 Å². The first kappa shape index (κ1) is 28.5. The Kier molecular flexibility index (Phi) is 11.8. The monoisotopic (exact) mass is 522 g/mol. The SMILES string of the molecule is Cl.Cl.O=C(O)[C@@H]1CNC[C@H]1c1ccccc1Cl.O=C(O)[C@H]1CNC[C@@H]1c1ccccc1Cl. The predicted molar refractivity (Wildman–Crippen MR) is 131 cm³/mol. The number of benzene rings is 2. The number of carboxylic acids is 2. The standard InChI is InChI=1S/2C11H12ClNO2.2ClH/c2*12-10-4-2-1-3-7(10)8-5-13-6-9(8)11(14)15;;/h2*1-4,8-9,13H,5-6H2,(H,14,15);2*1H/t2*8-,9+;;/m10../s1. The maximum absolute atomic E-state index is 11.0. The van der Waals surface area contributed by atoms with Gasteiger partial charge in [-0.2, -0.15) is 0 Å². The van der Waals surface area contributed by atoms with Crippen molar-refractivity contribution in [2.24, 2.45) is 11.8 Å². The van der Waals surface area contributed by atoms with Crippen molar-refractivity contribution < 1.29 is 19.8 Å². The number of carbonyl (C=O) groups is 2. The quantitative estimate of drug-likeness (QED) is 0.477. The van der Waals surface area contributed by atoms with Gasteiger partial charge in [0.2, 0.25) is 0 Å². The highest BCUT2D eigenvalue weighted by Crippen LogP contribution is 2.33. The number of nitrogens with one attached hydrogen (secondary N) is 2. The molecule has 2 aliphatic heterocycles. The summed E-state index contributed by atoms with van der Waals surface area (Å²) in [4.78, 5) is 22.0. The highest BCUT2D eigenvalue weighted by Gasteiger charge is 2.35. The third-order valence-corrected chi connectivity index (χ3v) is 6.36. The fraction of sp³-hybridized carbons (Fsp3) is 0.364. The van der Waals surface area contributed by atoms with Crippen LogP contribution >= 0.6 is 48.0 Å². The van der Waals surface area contributed by atoms with E-state index < -0.39 is 11.9 Å². The molecule has 4 atom stereocenters. The van der Waals surface area contributed by atoms with Gasteiger partial charge in [0.25, 0.3) is 0 Å². The summed E-state index contributed by atoms with van der Waals surface area (Å²) in [6.07, 6.45) is 0. The average molecular weight is 524 g/mol. The summed E-state index contributed by atoms with van der Waals surface area (Å²) in [7, 11) is 0. The maximum atomic E-state index is 11.0. The first-order chi connectivity index (χ1) is 14.4. The molecule has 0 unspecified atom stereocenters. The lowest BCUT2D eigenvalue weighted by Gasteiger charge is -2.16. The van der Waals surface area contributed by atoms with Gasteiger partial charge in [0.15, 0.2) is 0 Å². The molecule has 2 aromatic carbocycles. The summed E-state index contributed by atoms with van der Waals surface area (Å²) < 4.78 is 0. The number of hydrogen-bond acceptors (Lipinski definition) is 4. The Morgan fingerprint density at radius 1 is 0.688 bits per heavy atom. The van der Waals surface area contributed by atoms with Crippen LogP contribution in [0.4, 0.5) is 0 Å². The van der Waals surface area contributed by atoms with E-state index in [4.69, 9.17) is 33.4 Å². The van der Waals surface area contributed by atoms with Gasteiger partial charge < -0.3 is 20.8 Å². The minimum absolute atomic E-state index is 0. The molecule has 2 aliphatic rings. The second-order valence-corrected chi connectivity index (χ2v) is 8.28. The number of hydrogen-bond donors (Lipinski definition) is 4. The summed E-state index contributed by atoms with van der Waals surface area (Å²) in [5, 5.41) is 25.6. The van der Waals surface area contributed by atoms with Crippen molar-refractivity contribution in [3.63, 3.8) is 0 Å². The van der Waals surface area contributed by atoms with Crippen LogP contribution in [0.25, 0.3) is 0 Å². The fourth-order valence-corrected chi connectivity index (χ4v) is 4.63. The van der Waals surface area contributed by atoms with E-state index in [0.717, 1.165) is 11.1 Å². The predicted octanol–water partition coefficient (Wildman–Crippen LogP) is 4.30. The smallest absolute Gasteiger partial charge is 0.308 e. The van der Waals surface area contributed by atoms with Crippen molar-refractivity contribution in [2.75, 3.05) is 26.2 Å². The molecule has 2 heterocycles. The van der Waals surface area contributed by atoms with Crippen LogP contribution in [-0.2, 0) is 9.59 Å². The van der Waals surface area contributed by atoms with Crippen molar-refractivity contribution in [1.29, 1.82) is 0 Å². The van der Waals surface area contributed by atoms with E-state index in [1.54, 1.807) is 12.1 Å². The molecule has 2 aromatic rings. The number of halogens is 4. The van der Waals surface area contributed by atoms with E-state index in [1.807, 2.05) is 36.4 Å². The lowest BCUT2D eigenvalue weighted by molar-refractivity contribution is -0.142. The Hall–Kier alpha value is -1.54. The van der Waals surface area contributed by atoms with Crippen LogP contribution in [0, 0.1) is 11.8 Å². The average Bonchev–Trinajstić information content (AvgIpc) is 3.39. The Morgan fingerprint density at radius 3 is 1.34 bits per heavy atom. The minimum atomic E-state index is -0.759. The van der Waals surface area contributed by atoms with E-state index in [1.165, 1.54) is 0 Å². The van der Waals surface area contributed by atoms with Gasteiger partial charge in [-0.25, -0.2) is 0 Å². The Labute approximate surface area is 209 Å². The molecule has 10 heteroatoms. The molecule has 0 radical (unpaired) electrons. The van der Waals surface area contributed by atoms with Crippen molar-refractivity contribution in [3.8, 4) is 0 Å². The maximum Gasteiger partial charge on any atom is 0.308 e. The van der Waals surface area contributed by atoms with E-state index >= 15 is 0 Å². The molecule has 0 amide bonds. The van der Waals surface area contributed by atoms with Crippen LogP contribution in [0.1, 0.15) is 23.0 Å². The first-order valence-corrected chi connectivity index (χ1v) is 10.5. The van der Waals surface area contributed by atoms with Gasteiger partial charge in [0.05, 0.1) is 11.8 Å². The highest BCUT2D eigenvalue weighted by molar-refractivity contribution is 6.31. The lowest BCUT2D eigenvalue weighted by Crippen LogP contribution is -2.21. The molecule has 2 saturated heterocycles. The van der Waals surface area contributed by atoms with E-state index in [0.29, 0.717) is 36.2 Å². The summed E-state index contributed by atoms with van der Waals surface area (Å²) in [6.45, 7) is 2.40. The second kappa shape index (κ2) is 13.2. The summed E-state index contributed by atoms with van der Waals surface area (Å²) >= 11 is 12.1. The molecule has 4 rings (SSSR count). The number of carboxylic acid groups (broad SMARTS) is 2. The first-order valence-electron chi connectivity index (χ1n) is 9.76. The van der Waals surface area contributed by atoms with Crippen LogP contribution in [0.15, 0.2) is 48.5 Å². The zero-order valence-corrected chi connectivity index (χ0v) is 20.2. The van der Waals surface area contributed by atoms with Gasteiger partial charge in [-0.1, -0.05) is 59.6 Å². The molecular formula is C22H26Cl4N2O4. The molecule has 32 heavy (non-hydrogen) atoms. The van der Waals surface area contributed by atoms with Crippen molar-refractivity contribution in [3.05, 3.63) is 69.7 Å². The summed E-state index contributed by atoms with van der Waals surface area (Å²) in [5.74, 6) is -2.29. The van der Waals surface area contributed by atoms with Gasteiger partial charge in [0.1, 0.15) is 0 Å². The van der Waals surface area contributed by atoms with Crippen LogP contribution in [0.5, 0.6) is 0 Å². The molecule has 6 nitrogen and oxygen atoms in total. The molecule has 176 valence electrons. The van der Waals surface area contributed by atoms with Gasteiger partial charge in [-0.15, -0.1) is 24.8 Å². The van der Waals surface area contributed by atoms with Gasteiger partial charge in [-0.05, 0) is 23.3 Å². The van der Waals surface area contributed by atoms with Crippen LogP contribution in [0.3, 0.4) is 0 Å². The van der Waals surface area contributed by atoms with Crippen LogP contribution < -0.4 is 10.6 Å². The molecule has 0 aromatic heterocycles. The number of rotatable bonds is 4. The topological polar surface area (TPSA) is 98.7 Å². The lowest BCUT2D eigenvalue weighted by atomic mass is 9.89. The van der Waals surface area contributed by atoms with E-state index in [2.05, 4.69) is 10.6 Å². The third-order valence-electron chi connectivity index (χ3n) is 5.67. The van der Waals surface area contributed by atoms with Gasteiger partial charge >= 0.3 is 11.9 Å². The summed E-state index contributed by atoms with van der Waals surface area (Å²) in [5.41, 5.74) is 1.85. The van der Waals surface area contributed by atoms with Crippen molar-refractivity contribution in [2.45, 2.75) is 11.8 Å². The highest BCUT2D eigenvalue weighted by atomic mass is 35.5. The van der Waals surface area contributed by atoms with Gasteiger partial charge in [0, 0.05) is 48.1 Å². The normalized spacial score (nSPS) is 23.8. The molecule has 4 N–H and O–H groups in total. The third kappa shape index (κ3) is 6.73. The van der Waals surface area contributed by atoms with Crippen molar-refractivity contribution >= 4 is 60.0 Å². The molecule has 0 saturated carbocycles. The zero-order valence-electron chi connectivity index (χ0n) is 17.0. The Bertz CT molecular complexity index is 842. The molecular weight excluding hydrogens is 498 g/mol. The molecule has 2 fully saturated rings. The fourth-order valence-electron chi connectivity index (χ4n) is 4.08. The molecule has 0 spiro atoms. The number of aliphatic carboxylic acids is 2. The summed E-state index contributed by atoms with van der Waals surface area (Å²) in [6, 6.07) is 14.9. The minimum Gasteiger partial charge on any atom is -0.481 e. The van der Waals surface area contributed by atoms with Crippen LogP contribution in [0.2, 0.25) is 10.0 Å².